The number of rotatable bonds is 4. The van der Waals surface area contributed by atoms with Crippen molar-refractivity contribution >= 4 is 23.2 Å². The molecule has 3 heterocycles. The molecule has 2 saturated heterocycles. The predicted molar refractivity (Wildman–Crippen MR) is 84.9 cm³/mol. The third-order valence-corrected chi connectivity index (χ3v) is 5.82. The Labute approximate surface area is 134 Å². The second-order valence-electron chi connectivity index (χ2n) is 6.59. The Balaban J connectivity index is 1.66. The summed E-state index contributed by atoms with van der Waals surface area (Å²) >= 11 is 1.64. The number of fused-ring (bicyclic) bond motifs is 1. The van der Waals surface area contributed by atoms with Gasteiger partial charge in [-0.15, -0.1) is 0 Å². The van der Waals surface area contributed by atoms with E-state index in [0.29, 0.717) is 26.1 Å². The first-order valence-electron chi connectivity index (χ1n) is 7.72. The molecule has 1 aromatic rings. The van der Waals surface area contributed by atoms with Gasteiger partial charge in [0.15, 0.2) is 0 Å². The molecule has 0 aromatic carbocycles. The highest BCUT2D eigenvalue weighted by Gasteiger charge is 2.55. The fraction of sp³-hybridized carbons (Fsp3) is 0.625. The van der Waals surface area contributed by atoms with Crippen LogP contribution in [0.1, 0.15) is 18.4 Å². The Bertz CT molecular complexity index is 560. The Hall–Kier alpha value is -1.40. The number of carboxylic acid groups (broad SMARTS) is 1. The van der Waals surface area contributed by atoms with E-state index in [9.17, 15) is 14.7 Å². The Morgan fingerprint density at radius 2 is 2.27 bits per heavy atom. The van der Waals surface area contributed by atoms with Crippen LogP contribution in [0.5, 0.6) is 0 Å². The van der Waals surface area contributed by atoms with Gasteiger partial charge in [0, 0.05) is 26.1 Å². The second kappa shape index (κ2) is 6.01. The van der Waals surface area contributed by atoms with Crippen molar-refractivity contribution < 1.29 is 14.7 Å². The van der Waals surface area contributed by atoms with E-state index < -0.39 is 11.4 Å². The summed E-state index contributed by atoms with van der Waals surface area (Å²) in [5.41, 5.74) is 0.410. The summed E-state index contributed by atoms with van der Waals surface area (Å²) in [5.74, 6) is -0.577. The summed E-state index contributed by atoms with van der Waals surface area (Å²) in [5, 5.41) is 13.8. The van der Waals surface area contributed by atoms with Gasteiger partial charge in [0.25, 0.3) is 0 Å². The molecule has 0 saturated carbocycles. The molecule has 2 atom stereocenters. The van der Waals surface area contributed by atoms with Gasteiger partial charge in [-0.2, -0.15) is 11.3 Å². The molecule has 2 fully saturated rings. The molecule has 0 spiro atoms. The summed E-state index contributed by atoms with van der Waals surface area (Å²) < 4.78 is 0. The topological polar surface area (TPSA) is 60.9 Å². The van der Waals surface area contributed by atoms with E-state index in [-0.39, 0.29) is 11.8 Å². The Morgan fingerprint density at radius 3 is 2.95 bits per heavy atom. The van der Waals surface area contributed by atoms with E-state index in [2.05, 4.69) is 10.3 Å². The number of aryl methyl sites for hydroxylation is 1. The smallest absolute Gasteiger partial charge is 0.313 e. The van der Waals surface area contributed by atoms with E-state index in [1.54, 1.807) is 16.2 Å². The maximum absolute atomic E-state index is 12.5. The van der Waals surface area contributed by atoms with Gasteiger partial charge in [-0.1, -0.05) is 0 Å². The van der Waals surface area contributed by atoms with E-state index in [0.717, 1.165) is 19.4 Å². The molecule has 3 rings (SSSR count). The first-order chi connectivity index (χ1) is 10.5. The number of aliphatic carboxylic acids is 1. The van der Waals surface area contributed by atoms with Crippen LogP contribution < -0.4 is 0 Å². The minimum absolute atomic E-state index is 0.0869. The van der Waals surface area contributed by atoms with Crippen LogP contribution in [-0.4, -0.2) is 60.0 Å². The van der Waals surface area contributed by atoms with E-state index in [4.69, 9.17) is 0 Å². The number of nitrogens with zero attached hydrogens (tertiary/aromatic N) is 2. The highest BCUT2D eigenvalue weighted by Crippen LogP contribution is 2.42. The molecule has 1 N–H and O–H groups in total. The monoisotopic (exact) mass is 322 g/mol. The van der Waals surface area contributed by atoms with Gasteiger partial charge in [0.1, 0.15) is 5.41 Å². The first-order valence-corrected chi connectivity index (χ1v) is 8.66. The van der Waals surface area contributed by atoms with Crippen molar-refractivity contribution in [2.75, 3.05) is 33.2 Å². The fourth-order valence-corrected chi connectivity index (χ4v) is 4.51. The van der Waals surface area contributed by atoms with E-state index in [1.807, 2.05) is 18.5 Å². The van der Waals surface area contributed by atoms with Crippen LogP contribution >= 0.6 is 11.3 Å². The zero-order valence-corrected chi connectivity index (χ0v) is 13.6. The Morgan fingerprint density at radius 1 is 1.45 bits per heavy atom. The number of carbonyl (C=O) groups excluding carboxylic acids is 1. The van der Waals surface area contributed by atoms with Gasteiger partial charge in [0.05, 0.1) is 0 Å². The third kappa shape index (κ3) is 2.77. The van der Waals surface area contributed by atoms with Crippen molar-refractivity contribution in [2.24, 2.45) is 11.3 Å². The molecular formula is C16H22N2O3S. The minimum Gasteiger partial charge on any atom is -0.481 e. The first kappa shape index (κ1) is 15.5. The lowest BCUT2D eigenvalue weighted by Gasteiger charge is -2.39. The van der Waals surface area contributed by atoms with Crippen LogP contribution in [0.25, 0.3) is 0 Å². The van der Waals surface area contributed by atoms with Crippen LogP contribution in [0.15, 0.2) is 16.8 Å². The SMILES string of the molecule is CN1CC[C@H]2CN(C(=O)CCc3ccsc3)C[C@@]2(C(=O)O)C1. The summed E-state index contributed by atoms with van der Waals surface area (Å²) in [6, 6.07) is 2.04. The zero-order chi connectivity index (χ0) is 15.7. The molecule has 1 amide bonds. The predicted octanol–water partition coefficient (Wildman–Crippen LogP) is 1.55. The van der Waals surface area contributed by atoms with Gasteiger partial charge in [-0.3, -0.25) is 9.59 Å². The zero-order valence-electron chi connectivity index (χ0n) is 12.8. The highest BCUT2D eigenvalue weighted by atomic mass is 32.1. The van der Waals surface area contributed by atoms with Gasteiger partial charge < -0.3 is 14.9 Å². The Kier molecular flexibility index (Phi) is 4.23. The van der Waals surface area contributed by atoms with Gasteiger partial charge in [0.2, 0.25) is 5.91 Å². The molecule has 1 aromatic heterocycles. The van der Waals surface area contributed by atoms with E-state index in [1.165, 1.54) is 5.56 Å². The molecule has 0 bridgehead atoms. The fourth-order valence-electron chi connectivity index (χ4n) is 3.80. The number of carboxylic acids is 1. The second-order valence-corrected chi connectivity index (χ2v) is 7.37. The summed E-state index contributed by atoms with van der Waals surface area (Å²) in [4.78, 5) is 28.2. The quantitative estimate of drug-likeness (QED) is 0.913. The van der Waals surface area contributed by atoms with Gasteiger partial charge in [-0.25, -0.2) is 0 Å². The van der Waals surface area contributed by atoms with Crippen molar-refractivity contribution in [3.8, 4) is 0 Å². The lowest BCUT2D eigenvalue weighted by Crippen LogP contribution is -2.52. The molecule has 0 aliphatic carbocycles. The highest BCUT2D eigenvalue weighted by molar-refractivity contribution is 7.07. The van der Waals surface area contributed by atoms with Crippen molar-refractivity contribution in [1.29, 1.82) is 0 Å². The minimum atomic E-state index is -0.773. The number of thiophene rings is 1. The van der Waals surface area contributed by atoms with Crippen molar-refractivity contribution in [1.82, 2.24) is 9.80 Å². The number of carbonyl (C=O) groups is 2. The van der Waals surface area contributed by atoms with Crippen molar-refractivity contribution in [3.63, 3.8) is 0 Å². The lowest BCUT2D eigenvalue weighted by atomic mass is 9.73. The summed E-state index contributed by atoms with van der Waals surface area (Å²) in [7, 11) is 1.96. The normalized spacial score (nSPS) is 28.6. The standard InChI is InChI=1S/C16H22N2O3S/c1-17-6-4-13-8-18(11-16(13,10-17)15(20)21)14(19)3-2-12-5-7-22-9-12/h5,7,9,13H,2-4,6,8,10-11H2,1H3,(H,20,21)/t13-,16-/m0/s1. The molecule has 0 radical (unpaired) electrons. The molecule has 6 heteroatoms. The van der Waals surface area contributed by atoms with Crippen LogP contribution in [0.2, 0.25) is 0 Å². The van der Waals surface area contributed by atoms with Crippen LogP contribution in [0.3, 0.4) is 0 Å². The van der Waals surface area contributed by atoms with Crippen LogP contribution in [0, 0.1) is 11.3 Å². The molecule has 5 nitrogen and oxygen atoms in total. The third-order valence-electron chi connectivity index (χ3n) is 5.09. The molecule has 2 aliphatic heterocycles. The lowest BCUT2D eigenvalue weighted by molar-refractivity contribution is -0.154. The molecule has 120 valence electrons. The van der Waals surface area contributed by atoms with Crippen molar-refractivity contribution in [3.05, 3.63) is 22.4 Å². The summed E-state index contributed by atoms with van der Waals surface area (Å²) in [6.07, 6.45) is 2.07. The number of hydrogen-bond donors (Lipinski definition) is 1. The van der Waals surface area contributed by atoms with Crippen LogP contribution in [0.4, 0.5) is 0 Å². The molecule has 2 aliphatic rings. The number of piperidine rings is 1. The average Bonchev–Trinajstić information content (AvgIpc) is 3.11. The van der Waals surface area contributed by atoms with Crippen LogP contribution in [-0.2, 0) is 16.0 Å². The number of likely N-dealkylation sites (tertiary alicyclic amines) is 2. The molecule has 22 heavy (non-hydrogen) atoms. The summed E-state index contributed by atoms with van der Waals surface area (Å²) in [6.45, 7) is 2.42. The van der Waals surface area contributed by atoms with Crippen molar-refractivity contribution in [2.45, 2.75) is 19.3 Å². The van der Waals surface area contributed by atoms with Gasteiger partial charge in [-0.05, 0) is 54.7 Å². The maximum atomic E-state index is 12.5. The maximum Gasteiger partial charge on any atom is 0.313 e. The van der Waals surface area contributed by atoms with Gasteiger partial charge >= 0.3 is 5.97 Å². The number of amides is 1. The number of hydrogen-bond acceptors (Lipinski definition) is 4. The molecule has 0 unspecified atom stereocenters. The largest absolute Gasteiger partial charge is 0.481 e. The van der Waals surface area contributed by atoms with E-state index >= 15 is 0 Å². The molecular weight excluding hydrogens is 300 g/mol. The average molecular weight is 322 g/mol.